The highest BCUT2D eigenvalue weighted by atomic mass is 35.5. The number of carbonyl (C=O) groups excluding carboxylic acids is 2. The minimum atomic E-state index is -0.747. The molecule has 146 valence electrons. The topological polar surface area (TPSA) is 99.9 Å². The Balaban J connectivity index is 2.59. The number of methoxy groups -OCH3 is 1. The molecule has 0 aliphatic carbocycles. The number of esters is 2. The maximum Gasteiger partial charge on any atom is 0.336 e. The summed E-state index contributed by atoms with van der Waals surface area (Å²) in [6.07, 6.45) is 1.50. The standard InChI is InChI=1S/C19H23ClN2O5/c1-3-27-19(24)17-15(11-26-9-8-21)22-10-13(18(23)25-2)16(17)12-6-4-5-7-14(12)20/h4-7,10,16,22H,3,8-9,11,21H2,1-2H3. The molecule has 1 aromatic rings. The van der Waals surface area contributed by atoms with Gasteiger partial charge in [-0.05, 0) is 18.6 Å². The van der Waals surface area contributed by atoms with Crippen LogP contribution in [-0.2, 0) is 23.8 Å². The Labute approximate surface area is 163 Å². The lowest BCUT2D eigenvalue weighted by Gasteiger charge is -2.29. The molecule has 1 aliphatic heterocycles. The number of hydrogen-bond donors (Lipinski definition) is 2. The van der Waals surface area contributed by atoms with Gasteiger partial charge in [-0.1, -0.05) is 29.8 Å². The predicted octanol–water partition coefficient (Wildman–Crippen LogP) is 1.88. The van der Waals surface area contributed by atoms with E-state index < -0.39 is 17.9 Å². The van der Waals surface area contributed by atoms with Crippen molar-refractivity contribution in [2.75, 3.05) is 33.5 Å². The third kappa shape index (κ3) is 4.88. The lowest BCUT2D eigenvalue weighted by molar-refractivity contribution is -0.139. The zero-order valence-corrected chi connectivity index (χ0v) is 16.0. The molecule has 1 heterocycles. The van der Waals surface area contributed by atoms with Gasteiger partial charge in [0.15, 0.2) is 0 Å². The zero-order chi connectivity index (χ0) is 19.8. The molecule has 0 fully saturated rings. The number of rotatable bonds is 8. The van der Waals surface area contributed by atoms with E-state index >= 15 is 0 Å². The van der Waals surface area contributed by atoms with Crippen LogP contribution in [0.5, 0.6) is 0 Å². The molecule has 27 heavy (non-hydrogen) atoms. The van der Waals surface area contributed by atoms with Crippen LogP contribution < -0.4 is 11.1 Å². The first kappa shape index (κ1) is 21.0. The van der Waals surface area contributed by atoms with Crippen molar-refractivity contribution in [2.24, 2.45) is 5.73 Å². The summed E-state index contributed by atoms with van der Waals surface area (Å²) in [5.74, 6) is -1.88. The summed E-state index contributed by atoms with van der Waals surface area (Å²) in [7, 11) is 1.28. The molecule has 0 bridgehead atoms. The Kier molecular flexibility index (Phi) is 7.84. The predicted molar refractivity (Wildman–Crippen MR) is 101 cm³/mol. The fourth-order valence-electron chi connectivity index (χ4n) is 2.81. The van der Waals surface area contributed by atoms with Crippen LogP contribution in [0.15, 0.2) is 47.3 Å². The number of ether oxygens (including phenoxy) is 3. The Morgan fingerprint density at radius 1 is 1.26 bits per heavy atom. The smallest absolute Gasteiger partial charge is 0.336 e. The van der Waals surface area contributed by atoms with Crippen molar-refractivity contribution >= 4 is 23.5 Å². The highest BCUT2D eigenvalue weighted by molar-refractivity contribution is 6.31. The molecule has 0 amide bonds. The summed E-state index contributed by atoms with van der Waals surface area (Å²) in [6.45, 7) is 2.68. The average Bonchev–Trinajstić information content (AvgIpc) is 2.67. The summed E-state index contributed by atoms with van der Waals surface area (Å²) < 4.78 is 15.6. The summed E-state index contributed by atoms with van der Waals surface area (Å²) in [5.41, 5.74) is 7.04. The summed E-state index contributed by atoms with van der Waals surface area (Å²) >= 11 is 6.37. The van der Waals surface area contributed by atoms with Crippen LogP contribution in [0.25, 0.3) is 0 Å². The van der Waals surface area contributed by atoms with Crippen molar-refractivity contribution in [2.45, 2.75) is 12.8 Å². The fraction of sp³-hybridized carbons (Fsp3) is 0.368. The molecule has 2 rings (SSSR count). The van der Waals surface area contributed by atoms with E-state index in [0.717, 1.165) is 0 Å². The molecule has 0 saturated heterocycles. The summed E-state index contributed by atoms with van der Waals surface area (Å²) in [6, 6.07) is 7.01. The van der Waals surface area contributed by atoms with Crippen LogP contribution >= 0.6 is 11.6 Å². The van der Waals surface area contributed by atoms with Crippen molar-refractivity contribution in [3.63, 3.8) is 0 Å². The Morgan fingerprint density at radius 2 is 2.00 bits per heavy atom. The van der Waals surface area contributed by atoms with Gasteiger partial charge in [-0.25, -0.2) is 9.59 Å². The molecule has 1 aromatic carbocycles. The van der Waals surface area contributed by atoms with Crippen molar-refractivity contribution in [3.05, 3.63) is 57.9 Å². The molecule has 3 N–H and O–H groups in total. The number of nitrogens with two attached hydrogens (primary N) is 1. The molecule has 1 unspecified atom stereocenters. The summed E-state index contributed by atoms with van der Waals surface area (Å²) in [5, 5.41) is 3.38. The molecule has 1 aliphatic rings. The number of halogens is 1. The highest BCUT2D eigenvalue weighted by Crippen LogP contribution is 2.40. The number of nitrogens with one attached hydrogen (secondary N) is 1. The molecule has 0 radical (unpaired) electrons. The molecule has 8 heteroatoms. The van der Waals surface area contributed by atoms with Crippen LogP contribution in [0, 0.1) is 0 Å². The Morgan fingerprint density at radius 3 is 2.63 bits per heavy atom. The maximum absolute atomic E-state index is 12.8. The lowest BCUT2D eigenvalue weighted by Crippen LogP contribution is -2.32. The largest absolute Gasteiger partial charge is 0.466 e. The first-order chi connectivity index (χ1) is 13.0. The first-order valence-corrected chi connectivity index (χ1v) is 8.90. The number of dihydropyridines is 1. The van der Waals surface area contributed by atoms with E-state index in [1.54, 1.807) is 31.2 Å². The summed E-state index contributed by atoms with van der Waals surface area (Å²) in [4.78, 5) is 25.1. The van der Waals surface area contributed by atoms with E-state index in [1.165, 1.54) is 13.3 Å². The van der Waals surface area contributed by atoms with Gasteiger partial charge < -0.3 is 25.3 Å². The van der Waals surface area contributed by atoms with Crippen LogP contribution in [-0.4, -0.2) is 45.4 Å². The Hall–Kier alpha value is -2.35. The van der Waals surface area contributed by atoms with E-state index in [4.69, 9.17) is 31.5 Å². The molecule has 7 nitrogen and oxygen atoms in total. The van der Waals surface area contributed by atoms with Crippen LogP contribution in [0.1, 0.15) is 18.4 Å². The maximum atomic E-state index is 12.8. The average molecular weight is 395 g/mol. The minimum Gasteiger partial charge on any atom is -0.466 e. The molecule has 1 atom stereocenters. The Bertz CT molecular complexity index is 760. The second-order valence-corrected chi connectivity index (χ2v) is 6.05. The minimum absolute atomic E-state index is 0.108. The van der Waals surface area contributed by atoms with Gasteiger partial charge >= 0.3 is 11.9 Å². The number of benzene rings is 1. The van der Waals surface area contributed by atoms with Crippen molar-refractivity contribution < 1.29 is 23.8 Å². The highest BCUT2D eigenvalue weighted by Gasteiger charge is 2.37. The second-order valence-electron chi connectivity index (χ2n) is 5.64. The van der Waals surface area contributed by atoms with Crippen LogP contribution in [0.3, 0.4) is 0 Å². The van der Waals surface area contributed by atoms with Gasteiger partial charge in [0.25, 0.3) is 0 Å². The molecular weight excluding hydrogens is 372 g/mol. The third-order valence-corrected chi connectivity index (χ3v) is 4.31. The SMILES string of the molecule is CCOC(=O)C1=C(COCCN)NC=C(C(=O)OC)C1c1ccccc1Cl. The van der Waals surface area contributed by atoms with Gasteiger partial charge in [-0.3, -0.25) is 0 Å². The van der Waals surface area contributed by atoms with Gasteiger partial charge in [-0.2, -0.15) is 0 Å². The third-order valence-electron chi connectivity index (χ3n) is 3.97. The quantitative estimate of drug-likeness (QED) is 0.513. The molecule has 0 spiro atoms. The van der Waals surface area contributed by atoms with E-state index in [-0.39, 0.29) is 24.4 Å². The molecule has 0 aromatic heterocycles. The zero-order valence-electron chi connectivity index (χ0n) is 15.3. The number of carbonyl (C=O) groups is 2. The van der Waals surface area contributed by atoms with Gasteiger partial charge in [0.1, 0.15) is 0 Å². The van der Waals surface area contributed by atoms with Gasteiger partial charge in [0, 0.05) is 17.8 Å². The first-order valence-electron chi connectivity index (χ1n) is 8.52. The van der Waals surface area contributed by atoms with Gasteiger partial charge in [0.05, 0.1) is 49.7 Å². The van der Waals surface area contributed by atoms with Crippen molar-refractivity contribution in [1.82, 2.24) is 5.32 Å². The number of hydrogen-bond acceptors (Lipinski definition) is 7. The normalized spacial score (nSPS) is 16.4. The second kappa shape index (κ2) is 10.1. The van der Waals surface area contributed by atoms with Crippen molar-refractivity contribution in [1.29, 1.82) is 0 Å². The lowest BCUT2D eigenvalue weighted by atomic mass is 9.82. The van der Waals surface area contributed by atoms with Gasteiger partial charge in [0.2, 0.25) is 0 Å². The van der Waals surface area contributed by atoms with E-state index in [2.05, 4.69) is 5.32 Å². The van der Waals surface area contributed by atoms with Crippen molar-refractivity contribution in [3.8, 4) is 0 Å². The van der Waals surface area contributed by atoms with Gasteiger partial charge in [-0.15, -0.1) is 0 Å². The monoisotopic (exact) mass is 394 g/mol. The van der Waals surface area contributed by atoms with E-state index in [9.17, 15) is 9.59 Å². The van der Waals surface area contributed by atoms with E-state index in [1.807, 2.05) is 0 Å². The molecular formula is C19H23ClN2O5. The van der Waals surface area contributed by atoms with E-state index in [0.29, 0.717) is 29.4 Å². The molecule has 0 saturated carbocycles. The van der Waals surface area contributed by atoms with Crippen LogP contribution in [0.2, 0.25) is 5.02 Å². The van der Waals surface area contributed by atoms with Crippen LogP contribution in [0.4, 0.5) is 0 Å². The fourth-order valence-corrected chi connectivity index (χ4v) is 3.05.